The number of benzene rings is 3. The molecule has 0 unspecified atom stereocenters. The highest BCUT2D eigenvalue weighted by Crippen LogP contribution is 2.51. The van der Waals surface area contributed by atoms with Crippen LogP contribution in [-0.4, -0.2) is 36.5 Å². The average Bonchev–Trinajstić information content (AvgIpc) is 2.96. The Morgan fingerprint density at radius 2 is 1.70 bits per heavy atom. The van der Waals surface area contributed by atoms with Gasteiger partial charge in [0.05, 0.1) is 30.2 Å². The first-order valence-electron chi connectivity index (χ1n) is 14.0. The molecular formula is C32H36F3N3O2. The number of ether oxygens (including phenoxy) is 1. The van der Waals surface area contributed by atoms with Gasteiger partial charge < -0.3 is 20.7 Å². The fourth-order valence-electron chi connectivity index (χ4n) is 5.95. The van der Waals surface area contributed by atoms with E-state index in [1.807, 2.05) is 65.6 Å². The number of halogens is 3. The number of carbonyl (C=O) groups excluding carboxylic acids is 1. The normalized spacial score (nSPS) is 22.1. The van der Waals surface area contributed by atoms with E-state index in [1.54, 1.807) is 0 Å². The number of carbonyl (C=O) groups is 1. The van der Waals surface area contributed by atoms with E-state index in [0.717, 1.165) is 36.5 Å². The Kier molecular flexibility index (Phi) is 8.76. The number of fused-ring (bicyclic) bond motifs is 3. The molecule has 1 fully saturated rings. The molecule has 3 aromatic carbocycles. The first-order valence-corrected chi connectivity index (χ1v) is 14.0. The van der Waals surface area contributed by atoms with E-state index in [4.69, 9.17) is 10.5 Å². The smallest absolute Gasteiger partial charge is 0.378 e. The molecule has 0 saturated carbocycles. The van der Waals surface area contributed by atoms with Crippen molar-refractivity contribution in [1.29, 1.82) is 0 Å². The van der Waals surface area contributed by atoms with Gasteiger partial charge >= 0.3 is 6.18 Å². The lowest BCUT2D eigenvalue weighted by atomic mass is 9.76. The minimum atomic E-state index is -4.45. The largest absolute Gasteiger partial charge is 0.416 e. The molecule has 0 aromatic heterocycles. The van der Waals surface area contributed by atoms with Crippen molar-refractivity contribution in [2.75, 3.05) is 25.0 Å². The van der Waals surface area contributed by atoms with Crippen molar-refractivity contribution in [2.45, 2.75) is 56.5 Å². The van der Waals surface area contributed by atoms with Crippen LogP contribution in [0.15, 0.2) is 78.9 Å². The van der Waals surface area contributed by atoms with Crippen LogP contribution in [0.5, 0.6) is 0 Å². The van der Waals surface area contributed by atoms with Gasteiger partial charge in [-0.2, -0.15) is 13.2 Å². The molecule has 40 heavy (non-hydrogen) atoms. The summed E-state index contributed by atoms with van der Waals surface area (Å²) in [5, 5.41) is 3.50. The highest BCUT2D eigenvalue weighted by molar-refractivity contribution is 5.78. The minimum Gasteiger partial charge on any atom is -0.378 e. The van der Waals surface area contributed by atoms with Crippen molar-refractivity contribution in [3.8, 4) is 0 Å². The fraction of sp³-hybridized carbons (Fsp3) is 0.406. The number of rotatable bonds is 9. The Morgan fingerprint density at radius 3 is 2.40 bits per heavy atom. The summed E-state index contributed by atoms with van der Waals surface area (Å²) in [5.41, 5.74) is 8.23. The molecule has 2 aliphatic rings. The van der Waals surface area contributed by atoms with Gasteiger partial charge in [0.15, 0.2) is 0 Å². The molecule has 0 radical (unpaired) electrons. The average molecular weight is 552 g/mol. The summed E-state index contributed by atoms with van der Waals surface area (Å²) in [5.74, 6) is -0.0264. The summed E-state index contributed by atoms with van der Waals surface area (Å²) in [6, 6.07) is 23.4. The van der Waals surface area contributed by atoms with Crippen LogP contribution < -0.4 is 11.1 Å². The van der Waals surface area contributed by atoms with E-state index in [2.05, 4.69) is 5.32 Å². The van der Waals surface area contributed by atoms with Gasteiger partial charge in [-0.3, -0.25) is 4.79 Å². The number of hydrogen-bond acceptors (Lipinski definition) is 4. The zero-order valence-electron chi connectivity index (χ0n) is 22.4. The molecular weight excluding hydrogens is 515 g/mol. The Morgan fingerprint density at radius 1 is 0.975 bits per heavy atom. The number of alkyl halides is 3. The van der Waals surface area contributed by atoms with Crippen LogP contribution in [0, 0.1) is 5.92 Å². The maximum Gasteiger partial charge on any atom is 0.416 e. The predicted octanol–water partition coefficient (Wildman–Crippen LogP) is 6.52. The molecule has 2 heterocycles. The number of unbranched alkanes of at least 4 members (excludes halogenated alkanes) is 1. The van der Waals surface area contributed by atoms with Crippen molar-refractivity contribution in [3.05, 3.63) is 101 Å². The van der Waals surface area contributed by atoms with Crippen LogP contribution in [0.4, 0.5) is 18.9 Å². The summed E-state index contributed by atoms with van der Waals surface area (Å²) in [6.07, 6.45) is -1.88. The lowest BCUT2D eigenvalue weighted by Crippen LogP contribution is -2.45. The molecule has 0 spiro atoms. The first kappa shape index (κ1) is 28.2. The second kappa shape index (κ2) is 12.4. The molecule has 1 saturated heterocycles. The maximum absolute atomic E-state index is 13.7. The molecule has 1 amide bonds. The zero-order valence-corrected chi connectivity index (χ0v) is 22.4. The van der Waals surface area contributed by atoms with Crippen LogP contribution in [-0.2, 0) is 22.1 Å². The van der Waals surface area contributed by atoms with Gasteiger partial charge in [0.25, 0.3) is 0 Å². The van der Waals surface area contributed by atoms with Crippen LogP contribution in [0.25, 0.3) is 0 Å². The second-order valence-electron chi connectivity index (χ2n) is 10.8. The quantitative estimate of drug-likeness (QED) is 0.297. The molecule has 4 atom stereocenters. The Balaban J connectivity index is 1.40. The Bertz CT molecular complexity index is 1270. The summed E-state index contributed by atoms with van der Waals surface area (Å²) >= 11 is 0. The fourth-order valence-corrected chi connectivity index (χ4v) is 5.95. The van der Waals surface area contributed by atoms with Gasteiger partial charge in [-0.05, 0) is 61.6 Å². The van der Waals surface area contributed by atoms with E-state index < -0.39 is 17.8 Å². The van der Waals surface area contributed by atoms with Gasteiger partial charge in [-0.1, -0.05) is 60.7 Å². The number of nitrogens with one attached hydrogen (secondary N) is 1. The van der Waals surface area contributed by atoms with Crippen LogP contribution in [0.2, 0.25) is 0 Å². The summed E-state index contributed by atoms with van der Waals surface area (Å²) in [7, 11) is 0. The summed E-state index contributed by atoms with van der Waals surface area (Å²) < 4.78 is 47.7. The zero-order chi connectivity index (χ0) is 28.1. The summed E-state index contributed by atoms with van der Waals surface area (Å²) in [4.78, 5) is 15.2. The lowest BCUT2D eigenvalue weighted by Gasteiger charge is -2.46. The minimum absolute atomic E-state index is 0.0150. The Labute approximate surface area is 233 Å². The van der Waals surface area contributed by atoms with E-state index >= 15 is 0 Å². The lowest BCUT2D eigenvalue weighted by molar-refractivity contribution is -0.140. The molecule has 3 N–H and O–H groups in total. The molecule has 212 valence electrons. The van der Waals surface area contributed by atoms with Crippen molar-refractivity contribution in [3.63, 3.8) is 0 Å². The van der Waals surface area contributed by atoms with Crippen LogP contribution >= 0.6 is 0 Å². The molecule has 8 heteroatoms. The van der Waals surface area contributed by atoms with E-state index in [1.165, 1.54) is 12.1 Å². The third-order valence-electron chi connectivity index (χ3n) is 7.99. The molecule has 3 aromatic rings. The number of amides is 1. The van der Waals surface area contributed by atoms with Crippen molar-refractivity contribution in [2.24, 2.45) is 11.7 Å². The number of hydrogen-bond donors (Lipinski definition) is 2. The third-order valence-corrected chi connectivity index (χ3v) is 7.99. The van der Waals surface area contributed by atoms with Gasteiger partial charge in [-0.15, -0.1) is 0 Å². The molecule has 0 bridgehead atoms. The highest BCUT2D eigenvalue weighted by atomic mass is 19.4. The number of anilines is 1. The number of nitrogens with zero attached hydrogens (tertiary/aromatic N) is 1. The Hall–Kier alpha value is -3.36. The summed E-state index contributed by atoms with van der Waals surface area (Å²) in [6.45, 7) is 1.52. The monoisotopic (exact) mass is 551 g/mol. The predicted molar refractivity (Wildman–Crippen MR) is 150 cm³/mol. The van der Waals surface area contributed by atoms with Crippen LogP contribution in [0.1, 0.15) is 60.1 Å². The second-order valence-corrected chi connectivity index (χ2v) is 10.8. The first-order chi connectivity index (χ1) is 19.3. The molecule has 0 aliphatic carbocycles. The van der Waals surface area contributed by atoms with Gasteiger partial charge in [-0.25, -0.2) is 0 Å². The van der Waals surface area contributed by atoms with Gasteiger partial charge in [0.1, 0.15) is 0 Å². The molecule has 5 rings (SSSR count). The highest BCUT2D eigenvalue weighted by Gasteiger charge is 2.44. The van der Waals surface area contributed by atoms with Gasteiger partial charge in [0.2, 0.25) is 5.91 Å². The van der Waals surface area contributed by atoms with E-state index in [0.29, 0.717) is 43.7 Å². The van der Waals surface area contributed by atoms with Crippen molar-refractivity contribution in [1.82, 2.24) is 4.90 Å². The van der Waals surface area contributed by atoms with Crippen molar-refractivity contribution >= 4 is 11.6 Å². The molecule has 2 aliphatic heterocycles. The van der Waals surface area contributed by atoms with E-state index in [-0.39, 0.29) is 24.0 Å². The SMILES string of the molecule is NCCCCN(C[C@H]1CC[C@@H]2[C@H](O1)c1cc(C(F)(F)F)ccc1N[C@H]2c1ccccc1)C(=O)Cc1ccccc1. The van der Waals surface area contributed by atoms with Gasteiger partial charge in [0, 0.05) is 30.3 Å². The standard InChI is InChI=1S/C32H36F3N3O2/c33-32(34,35)24-13-16-28-27(20-24)31-26(30(37-28)23-11-5-2-6-12-23)15-14-25(40-31)21-38(18-8-7-17-36)29(39)19-22-9-3-1-4-10-22/h1-6,9-13,16,20,25-26,30-31,37H,7-8,14-15,17-19,21,36H2/t25-,26+,30+,31+/m1/s1. The van der Waals surface area contributed by atoms with Crippen molar-refractivity contribution < 1.29 is 22.7 Å². The molecule has 5 nitrogen and oxygen atoms in total. The maximum atomic E-state index is 13.7. The number of nitrogens with two attached hydrogens (primary N) is 1. The van der Waals surface area contributed by atoms with Crippen LogP contribution in [0.3, 0.4) is 0 Å². The third kappa shape index (κ3) is 6.50. The topological polar surface area (TPSA) is 67.6 Å². The van der Waals surface area contributed by atoms with E-state index in [9.17, 15) is 18.0 Å².